The Morgan fingerprint density at radius 3 is 2.67 bits per heavy atom. The Labute approximate surface area is 108 Å². The van der Waals surface area contributed by atoms with Gasteiger partial charge in [-0.2, -0.15) is 0 Å². The van der Waals surface area contributed by atoms with Crippen LogP contribution in [0.25, 0.3) is 0 Å². The third-order valence-corrected chi connectivity index (χ3v) is 4.12. The molecule has 0 N–H and O–H groups in total. The molecule has 1 aromatic rings. The van der Waals surface area contributed by atoms with Crippen molar-refractivity contribution >= 4 is 5.91 Å². The average molecular weight is 245 g/mol. The first-order chi connectivity index (χ1) is 8.84. The highest BCUT2D eigenvalue weighted by molar-refractivity contribution is 5.78. The van der Waals surface area contributed by atoms with Gasteiger partial charge in [0.05, 0.1) is 12.6 Å². The predicted octanol–water partition coefficient (Wildman–Crippen LogP) is 2.21. The van der Waals surface area contributed by atoms with Crippen molar-refractivity contribution in [2.45, 2.75) is 31.8 Å². The van der Waals surface area contributed by atoms with Gasteiger partial charge in [0.15, 0.2) is 0 Å². The lowest BCUT2D eigenvalue weighted by Crippen LogP contribution is -2.53. The molecule has 1 unspecified atom stereocenters. The molecule has 18 heavy (non-hydrogen) atoms. The van der Waals surface area contributed by atoms with Crippen LogP contribution in [0.1, 0.15) is 24.8 Å². The molecule has 0 bridgehead atoms. The van der Waals surface area contributed by atoms with Gasteiger partial charge < -0.3 is 9.64 Å². The van der Waals surface area contributed by atoms with E-state index in [0.717, 1.165) is 6.54 Å². The Kier molecular flexibility index (Phi) is 3.33. The maximum atomic E-state index is 12.1. The minimum absolute atomic E-state index is 0.141. The smallest absolute Gasteiger partial charge is 0.249 e. The number of morpholine rings is 1. The summed E-state index contributed by atoms with van der Waals surface area (Å²) in [7, 11) is 0. The van der Waals surface area contributed by atoms with Crippen molar-refractivity contribution in [2.24, 2.45) is 5.92 Å². The zero-order valence-corrected chi connectivity index (χ0v) is 10.5. The Bertz CT molecular complexity index is 414. The van der Waals surface area contributed by atoms with E-state index in [2.05, 4.69) is 12.1 Å². The van der Waals surface area contributed by atoms with Gasteiger partial charge in [-0.1, -0.05) is 36.8 Å². The SMILES string of the molecule is O=C1COCC(C2CCC2)N1Cc1ccccc1. The zero-order chi connectivity index (χ0) is 12.4. The van der Waals surface area contributed by atoms with Crippen LogP contribution in [-0.2, 0) is 16.1 Å². The van der Waals surface area contributed by atoms with Gasteiger partial charge in [-0.15, -0.1) is 0 Å². The Morgan fingerprint density at radius 2 is 2.00 bits per heavy atom. The topological polar surface area (TPSA) is 29.5 Å². The van der Waals surface area contributed by atoms with Crippen LogP contribution >= 0.6 is 0 Å². The number of hydrogen-bond donors (Lipinski definition) is 0. The highest BCUT2D eigenvalue weighted by Gasteiger charge is 2.37. The third kappa shape index (κ3) is 2.27. The first-order valence-electron chi connectivity index (χ1n) is 6.76. The standard InChI is InChI=1S/C15H19NO2/c17-15-11-18-10-14(13-7-4-8-13)16(15)9-12-5-2-1-3-6-12/h1-3,5-6,13-14H,4,7-11H2. The Hall–Kier alpha value is -1.35. The summed E-state index contributed by atoms with van der Waals surface area (Å²) in [4.78, 5) is 14.1. The third-order valence-electron chi connectivity index (χ3n) is 4.12. The molecule has 1 aliphatic heterocycles. The van der Waals surface area contributed by atoms with Crippen LogP contribution in [0.4, 0.5) is 0 Å². The van der Waals surface area contributed by atoms with Crippen LogP contribution in [-0.4, -0.2) is 30.1 Å². The van der Waals surface area contributed by atoms with Gasteiger partial charge in [0.1, 0.15) is 6.61 Å². The molecule has 1 heterocycles. The summed E-state index contributed by atoms with van der Waals surface area (Å²) in [6, 6.07) is 10.5. The van der Waals surface area contributed by atoms with Crippen LogP contribution in [0.5, 0.6) is 0 Å². The van der Waals surface area contributed by atoms with Crippen molar-refractivity contribution in [1.82, 2.24) is 4.90 Å². The van der Waals surface area contributed by atoms with E-state index in [4.69, 9.17) is 4.74 Å². The van der Waals surface area contributed by atoms with Crippen molar-refractivity contribution in [1.29, 1.82) is 0 Å². The molecule has 96 valence electrons. The number of rotatable bonds is 3. The van der Waals surface area contributed by atoms with Gasteiger partial charge >= 0.3 is 0 Å². The number of ether oxygens (including phenoxy) is 1. The average Bonchev–Trinajstić information content (AvgIpc) is 2.33. The van der Waals surface area contributed by atoms with Crippen molar-refractivity contribution in [2.75, 3.05) is 13.2 Å². The quantitative estimate of drug-likeness (QED) is 0.817. The zero-order valence-electron chi connectivity index (χ0n) is 10.5. The van der Waals surface area contributed by atoms with Gasteiger partial charge in [-0.25, -0.2) is 0 Å². The van der Waals surface area contributed by atoms with Gasteiger partial charge in [0.25, 0.3) is 0 Å². The molecule has 0 radical (unpaired) electrons. The number of amides is 1. The van der Waals surface area contributed by atoms with Crippen LogP contribution < -0.4 is 0 Å². The van der Waals surface area contributed by atoms with Crippen molar-refractivity contribution < 1.29 is 9.53 Å². The number of hydrogen-bond acceptors (Lipinski definition) is 2. The number of carbonyl (C=O) groups is 1. The summed E-state index contributed by atoms with van der Waals surface area (Å²) in [5.74, 6) is 0.792. The molecule has 1 saturated carbocycles. The van der Waals surface area contributed by atoms with Gasteiger partial charge in [-0.3, -0.25) is 4.79 Å². The van der Waals surface area contributed by atoms with Crippen LogP contribution in [0.15, 0.2) is 30.3 Å². The molecule has 1 saturated heterocycles. The van der Waals surface area contributed by atoms with Crippen LogP contribution in [0, 0.1) is 5.92 Å². The normalized spacial score (nSPS) is 25.0. The van der Waals surface area contributed by atoms with Gasteiger partial charge in [0.2, 0.25) is 5.91 Å². The summed E-state index contributed by atoms with van der Waals surface area (Å²) in [5, 5.41) is 0. The largest absolute Gasteiger partial charge is 0.369 e. The maximum absolute atomic E-state index is 12.1. The second kappa shape index (κ2) is 5.11. The lowest BCUT2D eigenvalue weighted by atomic mass is 9.79. The summed E-state index contributed by atoms with van der Waals surface area (Å²) >= 11 is 0. The number of nitrogens with zero attached hydrogens (tertiary/aromatic N) is 1. The van der Waals surface area contributed by atoms with Gasteiger partial charge in [-0.05, 0) is 24.3 Å². The number of carbonyl (C=O) groups excluding carboxylic acids is 1. The van der Waals surface area contributed by atoms with E-state index in [-0.39, 0.29) is 12.5 Å². The molecule has 2 fully saturated rings. The second-order valence-electron chi connectivity index (χ2n) is 5.28. The van der Waals surface area contributed by atoms with E-state index in [1.165, 1.54) is 24.8 Å². The Balaban J connectivity index is 1.74. The second-order valence-corrected chi connectivity index (χ2v) is 5.28. The molecule has 1 aromatic carbocycles. The summed E-state index contributed by atoms with van der Waals surface area (Å²) in [6.07, 6.45) is 3.79. The molecule has 2 aliphatic rings. The van der Waals surface area contributed by atoms with Crippen LogP contribution in [0.3, 0.4) is 0 Å². The van der Waals surface area contributed by atoms with Gasteiger partial charge in [0, 0.05) is 6.54 Å². The lowest BCUT2D eigenvalue weighted by molar-refractivity contribution is -0.153. The first kappa shape index (κ1) is 11.7. The van der Waals surface area contributed by atoms with E-state index < -0.39 is 0 Å². The fourth-order valence-electron chi connectivity index (χ4n) is 2.83. The van der Waals surface area contributed by atoms with E-state index in [1.807, 2.05) is 23.1 Å². The number of benzene rings is 1. The molecule has 1 amide bonds. The molecule has 1 aliphatic carbocycles. The maximum Gasteiger partial charge on any atom is 0.249 e. The van der Waals surface area contributed by atoms with Crippen molar-refractivity contribution in [3.05, 3.63) is 35.9 Å². The van der Waals surface area contributed by atoms with Crippen molar-refractivity contribution in [3.63, 3.8) is 0 Å². The minimum Gasteiger partial charge on any atom is -0.369 e. The van der Waals surface area contributed by atoms with E-state index >= 15 is 0 Å². The molecule has 1 atom stereocenters. The lowest BCUT2D eigenvalue weighted by Gasteiger charge is -2.43. The molecular weight excluding hydrogens is 226 g/mol. The van der Waals surface area contributed by atoms with E-state index in [1.54, 1.807) is 0 Å². The fourth-order valence-corrected chi connectivity index (χ4v) is 2.83. The minimum atomic E-state index is 0.141. The molecule has 3 rings (SSSR count). The van der Waals surface area contributed by atoms with E-state index in [0.29, 0.717) is 18.6 Å². The molecule has 0 aromatic heterocycles. The molecule has 0 spiro atoms. The monoisotopic (exact) mass is 245 g/mol. The molecule has 3 nitrogen and oxygen atoms in total. The predicted molar refractivity (Wildman–Crippen MR) is 68.9 cm³/mol. The fraction of sp³-hybridized carbons (Fsp3) is 0.533. The van der Waals surface area contributed by atoms with E-state index in [9.17, 15) is 4.79 Å². The summed E-state index contributed by atoms with van der Waals surface area (Å²) in [6.45, 7) is 1.68. The molecular formula is C15H19NO2. The van der Waals surface area contributed by atoms with Crippen LogP contribution in [0.2, 0.25) is 0 Å². The highest BCUT2D eigenvalue weighted by atomic mass is 16.5. The first-order valence-corrected chi connectivity index (χ1v) is 6.76. The highest BCUT2D eigenvalue weighted by Crippen LogP contribution is 2.34. The summed E-state index contributed by atoms with van der Waals surface area (Å²) < 4.78 is 5.43. The summed E-state index contributed by atoms with van der Waals surface area (Å²) in [5.41, 5.74) is 1.21. The molecule has 3 heteroatoms. The van der Waals surface area contributed by atoms with Crippen molar-refractivity contribution in [3.8, 4) is 0 Å². The Morgan fingerprint density at radius 1 is 1.22 bits per heavy atom.